The number of piperazine rings is 1. The van der Waals surface area contributed by atoms with Crippen LogP contribution in [0.25, 0.3) is 0 Å². The number of alkyl carbamates (subject to hydrolysis) is 1. The first-order valence-electron chi connectivity index (χ1n) is 10.8. The Morgan fingerprint density at radius 1 is 0.967 bits per heavy atom. The van der Waals surface area contributed by atoms with Gasteiger partial charge in [0.1, 0.15) is 6.61 Å². The van der Waals surface area contributed by atoms with E-state index in [0.717, 1.165) is 32.7 Å². The number of rotatable bonds is 7. The fourth-order valence-corrected chi connectivity index (χ4v) is 3.69. The Balaban J connectivity index is 1.60. The molecule has 0 aromatic heterocycles. The van der Waals surface area contributed by atoms with Crippen molar-refractivity contribution in [1.82, 2.24) is 15.1 Å². The molecule has 1 unspecified atom stereocenters. The lowest BCUT2D eigenvalue weighted by molar-refractivity contribution is 0.0229. The Morgan fingerprint density at radius 3 is 2.17 bits per heavy atom. The van der Waals surface area contributed by atoms with Crippen LogP contribution in [-0.2, 0) is 17.8 Å². The summed E-state index contributed by atoms with van der Waals surface area (Å²) in [5.41, 5.74) is 2.64. The maximum atomic E-state index is 12.2. The van der Waals surface area contributed by atoms with Crippen LogP contribution in [0.1, 0.15) is 31.9 Å². The zero-order valence-corrected chi connectivity index (χ0v) is 18.5. The van der Waals surface area contributed by atoms with Gasteiger partial charge in [-0.1, -0.05) is 81.4 Å². The van der Waals surface area contributed by atoms with Crippen LogP contribution >= 0.6 is 0 Å². The predicted molar refractivity (Wildman–Crippen MR) is 121 cm³/mol. The Bertz CT molecular complexity index is 774. The van der Waals surface area contributed by atoms with Gasteiger partial charge in [0, 0.05) is 39.3 Å². The standard InChI is InChI=1S/C25H35N3O2/c1-25(2,3)20-26-24(29)30-19-23-18-27(16-21-10-6-4-7-11-21)14-15-28(23)17-22-12-8-5-9-13-22/h4-13,23H,14-20H2,1-3H3,(H,26,29). The summed E-state index contributed by atoms with van der Waals surface area (Å²) in [6, 6.07) is 21.2. The van der Waals surface area contributed by atoms with E-state index in [9.17, 15) is 4.79 Å². The molecule has 1 heterocycles. The molecule has 0 radical (unpaired) electrons. The molecule has 1 aliphatic heterocycles. The summed E-state index contributed by atoms with van der Waals surface area (Å²) in [6.07, 6.45) is -0.329. The minimum absolute atomic E-state index is 0.0374. The molecule has 0 spiro atoms. The van der Waals surface area contributed by atoms with Gasteiger partial charge in [-0.2, -0.15) is 0 Å². The molecule has 0 bridgehead atoms. The highest BCUT2D eigenvalue weighted by Gasteiger charge is 2.28. The van der Waals surface area contributed by atoms with Crippen LogP contribution in [0.15, 0.2) is 60.7 Å². The summed E-state index contributed by atoms with van der Waals surface area (Å²) in [5.74, 6) is 0. The summed E-state index contributed by atoms with van der Waals surface area (Å²) in [7, 11) is 0. The fourth-order valence-electron chi connectivity index (χ4n) is 3.69. The molecule has 2 aromatic rings. The van der Waals surface area contributed by atoms with Gasteiger partial charge in [-0.05, 0) is 16.5 Å². The lowest BCUT2D eigenvalue weighted by atomic mass is 9.97. The molecule has 3 rings (SSSR count). The topological polar surface area (TPSA) is 44.8 Å². The minimum Gasteiger partial charge on any atom is -0.448 e. The average molecular weight is 410 g/mol. The van der Waals surface area contributed by atoms with Crippen LogP contribution in [0.5, 0.6) is 0 Å². The number of nitrogens with one attached hydrogen (secondary N) is 1. The number of benzene rings is 2. The van der Waals surface area contributed by atoms with Crippen molar-refractivity contribution in [1.29, 1.82) is 0 Å². The van der Waals surface area contributed by atoms with Gasteiger partial charge in [0.05, 0.1) is 6.04 Å². The van der Waals surface area contributed by atoms with E-state index < -0.39 is 0 Å². The Kier molecular flexibility index (Phi) is 7.88. The molecule has 5 heteroatoms. The highest BCUT2D eigenvalue weighted by atomic mass is 16.5. The number of amides is 1. The third kappa shape index (κ3) is 7.47. The second-order valence-corrected chi connectivity index (χ2v) is 9.34. The molecule has 1 amide bonds. The molecular weight excluding hydrogens is 374 g/mol. The van der Waals surface area contributed by atoms with Crippen LogP contribution in [0, 0.1) is 5.41 Å². The molecule has 30 heavy (non-hydrogen) atoms. The Morgan fingerprint density at radius 2 is 1.57 bits per heavy atom. The van der Waals surface area contributed by atoms with Gasteiger partial charge in [-0.15, -0.1) is 0 Å². The number of ether oxygens (including phenoxy) is 1. The maximum absolute atomic E-state index is 12.2. The van der Waals surface area contributed by atoms with E-state index in [1.54, 1.807) is 0 Å². The third-order valence-corrected chi connectivity index (χ3v) is 5.34. The van der Waals surface area contributed by atoms with Crippen LogP contribution in [0.2, 0.25) is 0 Å². The molecular formula is C25H35N3O2. The van der Waals surface area contributed by atoms with Gasteiger partial charge in [-0.25, -0.2) is 4.79 Å². The van der Waals surface area contributed by atoms with Crippen molar-refractivity contribution in [2.45, 2.75) is 39.9 Å². The van der Waals surface area contributed by atoms with E-state index in [-0.39, 0.29) is 17.6 Å². The second-order valence-electron chi connectivity index (χ2n) is 9.34. The monoisotopic (exact) mass is 409 g/mol. The Hall–Kier alpha value is -2.37. The van der Waals surface area contributed by atoms with Crippen LogP contribution in [0.4, 0.5) is 4.79 Å². The van der Waals surface area contributed by atoms with Crippen LogP contribution in [0.3, 0.4) is 0 Å². The first kappa shape index (κ1) is 22.3. The largest absolute Gasteiger partial charge is 0.448 e. The third-order valence-electron chi connectivity index (χ3n) is 5.34. The number of hydrogen-bond donors (Lipinski definition) is 1. The first-order valence-corrected chi connectivity index (χ1v) is 10.8. The van der Waals surface area contributed by atoms with Gasteiger partial charge >= 0.3 is 6.09 Å². The van der Waals surface area contributed by atoms with Crippen molar-refractivity contribution in [2.24, 2.45) is 5.41 Å². The van der Waals surface area contributed by atoms with E-state index in [2.05, 4.69) is 84.4 Å². The van der Waals surface area contributed by atoms with E-state index >= 15 is 0 Å². The minimum atomic E-state index is -0.329. The molecule has 1 aliphatic rings. The summed E-state index contributed by atoms with van der Waals surface area (Å²) in [6.45, 7) is 11.9. The highest BCUT2D eigenvalue weighted by Crippen LogP contribution is 2.17. The normalized spacial score (nSPS) is 18.2. The first-order chi connectivity index (χ1) is 14.4. The van der Waals surface area contributed by atoms with Gasteiger partial charge in [0.2, 0.25) is 0 Å². The van der Waals surface area contributed by atoms with Crippen molar-refractivity contribution in [3.63, 3.8) is 0 Å². The van der Waals surface area contributed by atoms with Gasteiger partial charge in [0.15, 0.2) is 0 Å². The second kappa shape index (κ2) is 10.6. The summed E-state index contributed by atoms with van der Waals surface area (Å²) in [4.78, 5) is 17.1. The summed E-state index contributed by atoms with van der Waals surface area (Å²) < 4.78 is 5.63. The maximum Gasteiger partial charge on any atom is 0.407 e. The highest BCUT2D eigenvalue weighted by molar-refractivity contribution is 5.67. The zero-order valence-electron chi connectivity index (χ0n) is 18.5. The van der Waals surface area contributed by atoms with E-state index in [4.69, 9.17) is 4.74 Å². The molecule has 1 saturated heterocycles. The SMILES string of the molecule is CC(C)(C)CNC(=O)OCC1CN(Cc2ccccc2)CCN1Cc1ccccc1. The molecule has 0 aliphatic carbocycles. The predicted octanol–water partition coefficient (Wildman–Crippen LogP) is 4.15. The van der Waals surface area contributed by atoms with E-state index in [0.29, 0.717) is 13.2 Å². The van der Waals surface area contributed by atoms with Crippen molar-refractivity contribution in [3.8, 4) is 0 Å². The summed E-state index contributed by atoms with van der Waals surface area (Å²) in [5, 5.41) is 2.88. The quantitative estimate of drug-likeness (QED) is 0.746. The lowest BCUT2D eigenvalue weighted by Gasteiger charge is -2.41. The van der Waals surface area contributed by atoms with Crippen molar-refractivity contribution in [3.05, 3.63) is 71.8 Å². The van der Waals surface area contributed by atoms with Gasteiger partial charge in [0.25, 0.3) is 0 Å². The molecule has 162 valence electrons. The van der Waals surface area contributed by atoms with Crippen LogP contribution in [-0.4, -0.2) is 54.7 Å². The lowest BCUT2D eigenvalue weighted by Crippen LogP contribution is -2.54. The Labute approximate surface area is 181 Å². The summed E-state index contributed by atoms with van der Waals surface area (Å²) >= 11 is 0. The zero-order chi connectivity index (χ0) is 21.4. The molecule has 5 nitrogen and oxygen atoms in total. The van der Waals surface area contributed by atoms with Gasteiger partial charge in [-0.3, -0.25) is 9.80 Å². The molecule has 1 fully saturated rings. The van der Waals surface area contributed by atoms with Crippen molar-refractivity contribution >= 4 is 6.09 Å². The fraction of sp³-hybridized carbons (Fsp3) is 0.480. The number of carbonyl (C=O) groups is 1. The van der Waals surface area contributed by atoms with Crippen molar-refractivity contribution < 1.29 is 9.53 Å². The van der Waals surface area contributed by atoms with E-state index in [1.165, 1.54) is 11.1 Å². The number of nitrogens with zero attached hydrogens (tertiary/aromatic N) is 2. The van der Waals surface area contributed by atoms with Gasteiger partial charge < -0.3 is 10.1 Å². The average Bonchev–Trinajstić information content (AvgIpc) is 2.73. The van der Waals surface area contributed by atoms with Crippen LogP contribution < -0.4 is 5.32 Å². The van der Waals surface area contributed by atoms with E-state index in [1.807, 2.05) is 12.1 Å². The van der Waals surface area contributed by atoms with Crippen molar-refractivity contribution in [2.75, 3.05) is 32.8 Å². The smallest absolute Gasteiger partial charge is 0.407 e. The molecule has 2 aromatic carbocycles. The molecule has 0 saturated carbocycles. The molecule has 1 N–H and O–H groups in total. The molecule has 1 atom stereocenters. The number of carbonyl (C=O) groups excluding carboxylic acids is 1. The number of hydrogen-bond acceptors (Lipinski definition) is 4.